The highest BCUT2D eigenvalue weighted by molar-refractivity contribution is 6.34. The molecule has 0 atom stereocenters. The van der Waals surface area contributed by atoms with Crippen LogP contribution in [0, 0.1) is 10.1 Å². The first-order valence-electron chi connectivity index (χ1n) is 9.45. The van der Waals surface area contributed by atoms with E-state index < -0.39 is 16.7 Å². The number of hydrogen-bond acceptors (Lipinski definition) is 5. The second-order valence-electron chi connectivity index (χ2n) is 6.64. The number of anilines is 1. The predicted octanol–water partition coefficient (Wildman–Crippen LogP) is 5.32. The number of carbonyl (C=O) groups excluding carboxylic acids is 2. The SMILES string of the molecule is COc1ccc(C(=O)N/C(=C/c2cccc([N+](=O)[O-])c2)C(=O)Nc2ccccc2Cl)c(Cl)c1. The van der Waals surface area contributed by atoms with E-state index >= 15 is 0 Å². The number of amides is 2. The van der Waals surface area contributed by atoms with Crippen molar-refractivity contribution < 1.29 is 19.2 Å². The standard InChI is InChI=1S/C23H17Cl2N3O5/c1-33-16-9-10-17(19(25)13-16)22(29)27-21(12-14-5-4-6-15(11-14)28(31)32)23(30)26-20-8-3-2-7-18(20)24/h2-13H,1H3,(H,26,30)(H,27,29)/b21-12+. The van der Waals surface area contributed by atoms with E-state index in [1.807, 2.05) is 0 Å². The molecule has 10 heteroatoms. The summed E-state index contributed by atoms with van der Waals surface area (Å²) in [7, 11) is 1.46. The minimum absolute atomic E-state index is 0.105. The summed E-state index contributed by atoms with van der Waals surface area (Å²) < 4.78 is 5.08. The van der Waals surface area contributed by atoms with Gasteiger partial charge in [0.25, 0.3) is 17.5 Å². The zero-order valence-corrected chi connectivity index (χ0v) is 18.7. The molecule has 0 aliphatic carbocycles. The Labute approximate surface area is 198 Å². The van der Waals surface area contributed by atoms with E-state index in [4.69, 9.17) is 27.9 Å². The number of para-hydroxylation sites is 1. The van der Waals surface area contributed by atoms with Crippen LogP contribution in [0.5, 0.6) is 5.75 Å². The minimum atomic E-state index is -0.687. The molecule has 8 nitrogen and oxygen atoms in total. The van der Waals surface area contributed by atoms with Crippen LogP contribution in [-0.2, 0) is 4.79 Å². The van der Waals surface area contributed by atoms with Crippen molar-refractivity contribution in [2.45, 2.75) is 0 Å². The van der Waals surface area contributed by atoms with Gasteiger partial charge in [-0.25, -0.2) is 0 Å². The zero-order chi connectivity index (χ0) is 24.0. The quantitative estimate of drug-likeness (QED) is 0.267. The van der Waals surface area contributed by atoms with Crippen molar-refractivity contribution >= 4 is 52.5 Å². The van der Waals surface area contributed by atoms with E-state index in [9.17, 15) is 19.7 Å². The molecule has 0 bridgehead atoms. The first-order valence-corrected chi connectivity index (χ1v) is 10.2. The maximum Gasteiger partial charge on any atom is 0.272 e. The smallest absolute Gasteiger partial charge is 0.272 e. The molecule has 3 aromatic rings. The number of carbonyl (C=O) groups is 2. The fraction of sp³-hybridized carbons (Fsp3) is 0.0435. The fourth-order valence-corrected chi connectivity index (χ4v) is 3.24. The van der Waals surface area contributed by atoms with E-state index in [1.54, 1.807) is 36.4 Å². The Balaban J connectivity index is 1.96. The molecule has 3 rings (SSSR count). The number of rotatable bonds is 7. The molecule has 0 aliphatic heterocycles. The van der Waals surface area contributed by atoms with Crippen molar-refractivity contribution in [1.82, 2.24) is 5.32 Å². The third-order valence-corrected chi connectivity index (χ3v) is 5.07. The van der Waals surface area contributed by atoms with Gasteiger partial charge in [0.2, 0.25) is 0 Å². The van der Waals surface area contributed by atoms with Crippen molar-refractivity contribution in [2.24, 2.45) is 0 Å². The van der Waals surface area contributed by atoms with Crippen molar-refractivity contribution in [3.8, 4) is 5.75 Å². The average molecular weight is 486 g/mol. The molecule has 0 fully saturated rings. The maximum absolute atomic E-state index is 13.0. The Hall–Kier alpha value is -3.88. The van der Waals surface area contributed by atoms with E-state index in [2.05, 4.69) is 10.6 Å². The molecule has 2 amide bonds. The molecule has 0 saturated carbocycles. The molecule has 0 aliphatic rings. The second-order valence-corrected chi connectivity index (χ2v) is 7.46. The van der Waals surface area contributed by atoms with Crippen molar-refractivity contribution in [2.75, 3.05) is 12.4 Å². The van der Waals surface area contributed by atoms with Crippen LogP contribution >= 0.6 is 23.2 Å². The first-order chi connectivity index (χ1) is 15.8. The van der Waals surface area contributed by atoms with Crippen LogP contribution in [0.2, 0.25) is 10.0 Å². The van der Waals surface area contributed by atoms with Crippen molar-refractivity contribution in [1.29, 1.82) is 0 Å². The normalized spacial score (nSPS) is 10.9. The van der Waals surface area contributed by atoms with Gasteiger partial charge in [0, 0.05) is 12.1 Å². The summed E-state index contributed by atoms with van der Waals surface area (Å²) in [6.07, 6.45) is 1.31. The summed E-state index contributed by atoms with van der Waals surface area (Å²) in [6, 6.07) is 16.6. The Morgan fingerprint density at radius 1 is 1.00 bits per heavy atom. The lowest BCUT2D eigenvalue weighted by Crippen LogP contribution is -2.31. The van der Waals surface area contributed by atoms with Crippen LogP contribution < -0.4 is 15.4 Å². The number of nitro groups is 1. The van der Waals surface area contributed by atoms with Gasteiger partial charge in [0.1, 0.15) is 11.4 Å². The number of halogens is 2. The Kier molecular flexibility index (Phi) is 7.66. The molecule has 0 radical (unpaired) electrons. The lowest BCUT2D eigenvalue weighted by atomic mass is 10.1. The van der Waals surface area contributed by atoms with Crippen molar-refractivity contribution in [3.05, 3.63) is 104 Å². The molecule has 0 heterocycles. The summed E-state index contributed by atoms with van der Waals surface area (Å²) in [5.41, 5.74) is 0.417. The Bertz CT molecular complexity index is 1260. The van der Waals surface area contributed by atoms with Crippen LogP contribution in [0.3, 0.4) is 0 Å². The lowest BCUT2D eigenvalue weighted by molar-refractivity contribution is -0.384. The number of nitrogens with one attached hydrogen (secondary N) is 2. The van der Waals surface area contributed by atoms with Gasteiger partial charge in [-0.1, -0.05) is 47.5 Å². The Morgan fingerprint density at radius 3 is 2.42 bits per heavy atom. The fourth-order valence-electron chi connectivity index (χ4n) is 2.80. The molecule has 0 spiro atoms. The van der Waals surface area contributed by atoms with Gasteiger partial charge >= 0.3 is 0 Å². The molecular formula is C23H17Cl2N3O5. The molecule has 0 unspecified atom stereocenters. The summed E-state index contributed by atoms with van der Waals surface area (Å²) >= 11 is 12.3. The van der Waals surface area contributed by atoms with Gasteiger partial charge in [-0.15, -0.1) is 0 Å². The van der Waals surface area contributed by atoms with Gasteiger partial charge in [-0.05, 0) is 42.0 Å². The molecule has 0 aromatic heterocycles. The number of methoxy groups -OCH3 is 1. The molecule has 33 heavy (non-hydrogen) atoms. The number of hydrogen-bond donors (Lipinski definition) is 2. The third-order valence-electron chi connectivity index (χ3n) is 4.43. The van der Waals surface area contributed by atoms with Crippen LogP contribution in [-0.4, -0.2) is 23.8 Å². The molecule has 0 saturated heterocycles. The summed E-state index contributed by atoms with van der Waals surface area (Å²) in [5.74, 6) is -0.887. The van der Waals surface area contributed by atoms with E-state index in [-0.39, 0.29) is 22.0 Å². The third kappa shape index (κ3) is 6.09. The topological polar surface area (TPSA) is 111 Å². The average Bonchev–Trinajstić information content (AvgIpc) is 2.80. The highest BCUT2D eigenvalue weighted by Gasteiger charge is 2.18. The summed E-state index contributed by atoms with van der Waals surface area (Å²) in [6.45, 7) is 0. The van der Waals surface area contributed by atoms with E-state index in [0.717, 1.165) is 0 Å². The number of nitrogens with zero attached hydrogens (tertiary/aromatic N) is 1. The molecule has 168 valence electrons. The number of ether oxygens (including phenoxy) is 1. The summed E-state index contributed by atoms with van der Waals surface area (Å²) in [5, 5.41) is 16.7. The van der Waals surface area contributed by atoms with Crippen LogP contribution in [0.25, 0.3) is 6.08 Å². The predicted molar refractivity (Wildman–Crippen MR) is 127 cm³/mol. The van der Waals surface area contributed by atoms with Crippen LogP contribution in [0.1, 0.15) is 15.9 Å². The number of benzene rings is 3. The lowest BCUT2D eigenvalue weighted by Gasteiger charge is -2.13. The minimum Gasteiger partial charge on any atom is -0.497 e. The van der Waals surface area contributed by atoms with Gasteiger partial charge in [0.15, 0.2) is 0 Å². The number of non-ortho nitro benzene ring substituents is 1. The molecule has 2 N–H and O–H groups in total. The monoisotopic (exact) mass is 485 g/mol. The largest absolute Gasteiger partial charge is 0.497 e. The van der Waals surface area contributed by atoms with E-state index in [1.165, 1.54) is 43.5 Å². The highest BCUT2D eigenvalue weighted by atomic mass is 35.5. The van der Waals surface area contributed by atoms with Gasteiger partial charge in [-0.3, -0.25) is 19.7 Å². The van der Waals surface area contributed by atoms with Crippen molar-refractivity contribution in [3.63, 3.8) is 0 Å². The molecule has 3 aromatic carbocycles. The van der Waals surface area contributed by atoms with Crippen LogP contribution in [0.15, 0.2) is 72.4 Å². The maximum atomic E-state index is 13.0. The van der Waals surface area contributed by atoms with E-state index in [0.29, 0.717) is 22.0 Å². The van der Waals surface area contributed by atoms with Crippen LogP contribution in [0.4, 0.5) is 11.4 Å². The van der Waals surface area contributed by atoms with Gasteiger partial charge < -0.3 is 15.4 Å². The second kappa shape index (κ2) is 10.6. The van der Waals surface area contributed by atoms with Gasteiger partial charge in [0.05, 0.1) is 33.3 Å². The highest BCUT2D eigenvalue weighted by Crippen LogP contribution is 2.24. The Morgan fingerprint density at radius 2 is 1.76 bits per heavy atom. The molecular weight excluding hydrogens is 469 g/mol. The first kappa shape index (κ1) is 23.8. The summed E-state index contributed by atoms with van der Waals surface area (Å²) in [4.78, 5) is 36.4. The zero-order valence-electron chi connectivity index (χ0n) is 17.2. The van der Waals surface area contributed by atoms with Gasteiger partial charge in [-0.2, -0.15) is 0 Å². The number of nitro benzene ring substituents is 1.